The lowest BCUT2D eigenvalue weighted by Gasteiger charge is -2.56. The van der Waals surface area contributed by atoms with E-state index in [0.717, 1.165) is 0 Å². The minimum atomic E-state index is -2.38. The molecule has 84 valence electrons. The Morgan fingerprint density at radius 2 is 1.47 bits per heavy atom. The summed E-state index contributed by atoms with van der Waals surface area (Å²) in [7, 11) is 0. The second-order valence-corrected chi connectivity index (χ2v) is 4.07. The Hall–Kier alpha value is -1.79. The molecule has 0 aromatic heterocycles. The van der Waals surface area contributed by atoms with Gasteiger partial charge >= 0.3 is 18.0 Å². The highest BCUT2D eigenvalue weighted by Crippen LogP contribution is 2.47. The summed E-state index contributed by atoms with van der Waals surface area (Å²) in [5, 5.41) is 26.5. The normalized spacial score (nSPS) is 21.6. The predicted octanol–water partition coefficient (Wildman–Crippen LogP) is -0.0858. The summed E-state index contributed by atoms with van der Waals surface area (Å²) in [4.78, 5) is 33.1. The van der Waals surface area contributed by atoms with Crippen molar-refractivity contribution in [3.8, 4) is 0 Å². The van der Waals surface area contributed by atoms with Crippen molar-refractivity contribution < 1.29 is 29.7 Å². The van der Waals surface area contributed by atoms with Crippen molar-refractivity contribution >= 4 is 18.0 Å². The maximum Gasteiger partial charge on any atom is 0.408 e. The monoisotopic (exact) mass is 217 g/mol. The number of carboxylic acids is 2. The van der Waals surface area contributed by atoms with E-state index in [2.05, 4.69) is 0 Å². The molecule has 0 aromatic rings. The van der Waals surface area contributed by atoms with Gasteiger partial charge in [0.25, 0.3) is 0 Å². The Morgan fingerprint density at radius 3 is 1.60 bits per heavy atom. The van der Waals surface area contributed by atoms with Gasteiger partial charge in [-0.3, -0.25) is 4.90 Å². The lowest BCUT2D eigenvalue weighted by atomic mass is 9.63. The van der Waals surface area contributed by atoms with Crippen LogP contribution >= 0.6 is 0 Å². The molecule has 1 fully saturated rings. The summed E-state index contributed by atoms with van der Waals surface area (Å²) in [5.41, 5.74) is -3.50. The van der Waals surface area contributed by atoms with E-state index in [-0.39, 0.29) is 6.54 Å². The molecule has 0 unspecified atom stereocenters. The number of aliphatic carboxylic acids is 2. The quantitative estimate of drug-likeness (QED) is 0.557. The fourth-order valence-electron chi connectivity index (χ4n) is 2.01. The zero-order valence-corrected chi connectivity index (χ0v) is 8.22. The van der Waals surface area contributed by atoms with Gasteiger partial charge in [0.2, 0.25) is 5.54 Å². The number of hydrogen-bond donors (Lipinski definition) is 3. The van der Waals surface area contributed by atoms with Gasteiger partial charge in [-0.2, -0.15) is 0 Å². The summed E-state index contributed by atoms with van der Waals surface area (Å²) in [6, 6.07) is 0. The van der Waals surface area contributed by atoms with E-state index in [4.69, 9.17) is 15.3 Å². The Bertz CT molecular complexity index is 333. The minimum Gasteiger partial charge on any atom is -0.479 e. The number of carboxylic acid groups (broad SMARTS) is 3. The van der Waals surface area contributed by atoms with E-state index >= 15 is 0 Å². The van der Waals surface area contributed by atoms with Crippen LogP contribution in [-0.2, 0) is 9.59 Å². The highest BCUT2D eigenvalue weighted by atomic mass is 16.4. The van der Waals surface area contributed by atoms with Gasteiger partial charge in [0, 0.05) is 12.0 Å². The molecule has 1 rings (SSSR count). The molecule has 1 aliphatic rings. The van der Waals surface area contributed by atoms with Crippen LogP contribution in [0.3, 0.4) is 0 Å². The topological polar surface area (TPSA) is 115 Å². The molecule has 1 aliphatic heterocycles. The third-order valence-corrected chi connectivity index (χ3v) is 2.79. The van der Waals surface area contributed by atoms with Crippen LogP contribution in [0, 0.1) is 5.41 Å². The largest absolute Gasteiger partial charge is 0.479 e. The van der Waals surface area contributed by atoms with Crippen LogP contribution in [0.4, 0.5) is 4.79 Å². The molecule has 3 N–H and O–H groups in total. The molecule has 0 atom stereocenters. The molecule has 0 spiro atoms. The Labute approximate surface area is 84.9 Å². The third kappa shape index (κ3) is 1.09. The predicted molar refractivity (Wildman–Crippen MR) is 46.5 cm³/mol. The van der Waals surface area contributed by atoms with E-state index in [1.165, 1.54) is 13.8 Å². The summed E-state index contributed by atoms with van der Waals surface area (Å²) >= 11 is 0. The molecule has 7 heteroatoms. The van der Waals surface area contributed by atoms with E-state index in [9.17, 15) is 14.4 Å². The molecule has 1 heterocycles. The first-order chi connectivity index (χ1) is 6.68. The molecule has 0 radical (unpaired) electrons. The molecule has 15 heavy (non-hydrogen) atoms. The number of likely N-dealkylation sites (tertiary alicyclic amines) is 1. The van der Waals surface area contributed by atoms with Crippen LogP contribution in [0.1, 0.15) is 13.8 Å². The molecule has 0 saturated carbocycles. The van der Waals surface area contributed by atoms with Crippen LogP contribution < -0.4 is 0 Å². The van der Waals surface area contributed by atoms with Crippen LogP contribution in [-0.4, -0.2) is 50.3 Å². The summed E-state index contributed by atoms with van der Waals surface area (Å²) in [6.07, 6.45) is -1.54. The fourth-order valence-corrected chi connectivity index (χ4v) is 2.01. The molecule has 0 aliphatic carbocycles. The van der Waals surface area contributed by atoms with Gasteiger partial charge in [-0.05, 0) is 0 Å². The van der Waals surface area contributed by atoms with Gasteiger partial charge in [-0.25, -0.2) is 14.4 Å². The summed E-state index contributed by atoms with van der Waals surface area (Å²) in [5.74, 6) is -3.32. The molecule has 1 amide bonds. The van der Waals surface area contributed by atoms with Gasteiger partial charge < -0.3 is 15.3 Å². The lowest BCUT2D eigenvalue weighted by molar-refractivity contribution is -0.197. The fraction of sp³-hybridized carbons (Fsp3) is 0.625. The van der Waals surface area contributed by atoms with Gasteiger partial charge in [0.15, 0.2) is 0 Å². The van der Waals surface area contributed by atoms with Crippen LogP contribution in [0.5, 0.6) is 0 Å². The standard InChI is InChI=1S/C8H11NO6/c1-7(2)3-9(6(14)15)8(7,4(10)11)5(12)13/h3H2,1-2H3,(H,10,11)(H,12,13)(H,14,15). The minimum absolute atomic E-state index is 0.110. The van der Waals surface area contributed by atoms with E-state index in [0.29, 0.717) is 4.90 Å². The average Bonchev–Trinajstić information content (AvgIpc) is 1.98. The first-order valence-electron chi connectivity index (χ1n) is 4.15. The molecular weight excluding hydrogens is 206 g/mol. The number of rotatable bonds is 2. The van der Waals surface area contributed by atoms with Crippen molar-refractivity contribution in [2.75, 3.05) is 6.54 Å². The maximum atomic E-state index is 11.0. The van der Waals surface area contributed by atoms with Gasteiger partial charge in [0.1, 0.15) is 0 Å². The second-order valence-electron chi connectivity index (χ2n) is 4.07. The third-order valence-electron chi connectivity index (χ3n) is 2.79. The number of hydrogen-bond acceptors (Lipinski definition) is 3. The van der Waals surface area contributed by atoms with Crippen LogP contribution in [0.25, 0.3) is 0 Å². The van der Waals surface area contributed by atoms with Gasteiger partial charge in [0.05, 0.1) is 0 Å². The van der Waals surface area contributed by atoms with E-state index in [1.54, 1.807) is 0 Å². The lowest BCUT2D eigenvalue weighted by Crippen LogP contribution is -2.80. The van der Waals surface area contributed by atoms with Gasteiger partial charge in [-0.1, -0.05) is 13.8 Å². The second kappa shape index (κ2) is 2.85. The molecule has 0 aromatic carbocycles. The van der Waals surface area contributed by atoms with Crippen molar-refractivity contribution in [2.45, 2.75) is 19.4 Å². The highest BCUT2D eigenvalue weighted by Gasteiger charge is 2.72. The molecule has 0 bridgehead atoms. The van der Waals surface area contributed by atoms with E-state index in [1.807, 2.05) is 0 Å². The van der Waals surface area contributed by atoms with Gasteiger partial charge in [-0.15, -0.1) is 0 Å². The first-order valence-corrected chi connectivity index (χ1v) is 4.15. The average molecular weight is 217 g/mol. The summed E-state index contributed by atoms with van der Waals surface area (Å²) < 4.78 is 0. The van der Waals surface area contributed by atoms with Crippen molar-refractivity contribution in [3.63, 3.8) is 0 Å². The molecule has 1 saturated heterocycles. The van der Waals surface area contributed by atoms with Crippen LogP contribution in [0.15, 0.2) is 0 Å². The Kier molecular flexibility index (Phi) is 2.14. The molecular formula is C8H11NO6. The Balaban J connectivity index is 3.28. The maximum absolute atomic E-state index is 11.0. The SMILES string of the molecule is CC1(C)CN(C(=O)O)C1(C(=O)O)C(=O)O. The smallest absolute Gasteiger partial charge is 0.408 e. The van der Waals surface area contributed by atoms with Crippen molar-refractivity contribution in [3.05, 3.63) is 0 Å². The Morgan fingerprint density at radius 1 is 1.07 bits per heavy atom. The van der Waals surface area contributed by atoms with E-state index < -0.39 is 29.0 Å². The molecule has 7 nitrogen and oxygen atoms in total. The van der Waals surface area contributed by atoms with Crippen molar-refractivity contribution in [1.82, 2.24) is 4.90 Å². The zero-order chi connectivity index (χ0) is 12.0. The number of carbonyl (C=O) groups is 3. The zero-order valence-electron chi connectivity index (χ0n) is 8.22. The number of nitrogens with zero attached hydrogens (tertiary/aromatic N) is 1. The summed E-state index contributed by atoms with van der Waals surface area (Å²) in [6.45, 7) is 2.71. The van der Waals surface area contributed by atoms with Crippen molar-refractivity contribution in [2.24, 2.45) is 5.41 Å². The van der Waals surface area contributed by atoms with Crippen molar-refractivity contribution in [1.29, 1.82) is 0 Å². The number of amides is 1. The highest BCUT2D eigenvalue weighted by molar-refractivity contribution is 6.08. The first kappa shape index (κ1) is 11.3. The van der Waals surface area contributed by atoms with Crippen LogP contribution in [0.2, 0.25) is 0 Å².